The van der Waals surface area contributed by atoms with Crippen molar-refractivity contribution in [2.45, 2.75) is 5.92 Å². The van der Waals surface area contributed by atoms with Crippen LogP contribution >= 0.6 is 15.9 Å². The van der Waals surface area contributed by atoms with Gasteiger partial charge >= 0.3 is 11.9 Å². The summed E-state index contributed by atoms with van der Waals surface area (Å²) in [6, 6.07) is 6.87. The average Bonchev–Trinajstić information content (AvgIpc) is 2.55. The molecule has 0 aliphatic carbocycles. The number of halogens is 1. The van der Waals surface area contributed by atoms with Crippen molar-refractivity contribution in [3.05, 3.63) is 56.8 Å². The van der Waals surface area contributed by atoms with E-state index in [1.165, 1.54) is 14.2 Å². The van der Waals surface area contributed by atoms with Crippen molar-refractivity contribution in [2.24, 2.45) is 0 Å². The summed E-state index contributed by atoms with van der Waals surface area (Å²) < 4.78 is 11.0. The van der Waals surface area contributed by atoms with Gasteiger partial charge in [-0.2, -0.15) is 0 Å². The molecule has 7 nitrogen and oxygen atoms in total. The van der Waals surface area contributed by atoms with E-state index < -0.39 is 17.9 Å². The zero-order valence-corrected chi connectivity index (χ0v) is 15.3. The molecule has 0 fully saturated rings. The van der Waals surface area contributed by atoms with Crippen molar-refractivity contribution in [1.29, 1.82) is 0 Å². The van der Waals surface area contributed by atoms with Gasteiger partial charge in [0.05, 0.1) is 41.7 Å². The fraction of sp³-hybridized carbons (Fsp3) is 0.294. The maximum absolute atomic E-state index is 11.9. The van der Waals surface area contributed by atoms with Crippen LogP contribution in [0.5, 0.6) is 0 Å². The topological polar surface area (TPSA) is 105 Å². The molecule has 134 valence electrons. The van der Waals surface area contributed by atoms with E-state index in [1.54, 1.807) is 24.3 Å². The third-order valence-corrected chi connectivity index (χ3v) is 4.30. The molecule has 0 radical (unpaired) electrons. The molecule has 8 heteroatoms. The molecule has 0 amide bonds. The molecule has 25 heavy (non-hydrogen) atoms. The Morgan fingerprint density at radius 3 is 1.80 bits per heavy atom. The van der Waals surface area contributed by atoms with Gasteiger partial charge in [-0.15, -0.1) is 0 Å². The standard InChI is InChI=1S/C17H18BrNO6/c1-24-7-11-14(16(20)21)13(9-3-5-10(18)6-4-9)15(17(22)23)12(19-11)8-25-2/h3-6,13,19H,7-8H2,1-2H3,(H,20,21)(H,22,23). The maximum Gasteiger partial charge on any atom is 0.334 e. The fourth-order valence-electron chi connectivity index (χ4n) is 2.82. The lowest BCUT2D eigenvalue weighted by molar-refractivity contribution is -0.133. The van der Waals surface area contributed by atoms with Crippen LogP contribution in [-0.4, -0.2) is 49.6 Å². The zero-order chi connectivity index (χ0) is 18.6. The van der Waals surface area contributed by atoms with Crippen LogP contribution in [0.3, 0.4) is 0 Å². The molecule has 1 aromatic rings. The highest BCUT2D eigenvalue weighted by atomic mass is 79.9. The Balaban J connectivity index is 2.72. The molecule has 3 N–H and O–H groups in total. The normalized spacial score (nSPS) is 15.3. The summed E-state index contributed by atoms with van der Waals surface area (Å²) in [7, 11) is 2.88. The molecule has 0 spiro atoms. The number of aliphatic carboxylic acids is 2. The van der Waals surface area contributed by atoms with Gasteiger partial charge in [0, 0.05) is 18.7 Å². The molecule has 0 atom stereocenters. The quantitative estimate of drug-likeness (QED) is 0.630. The highest BCUT2D eigenvalue weighted by Crippen LogP contribution is 2.38. The minimum Gasteiger partial charge on any atom is -0.478 e. The smallest absolute Gasteiger partial charge is 0.334 e. The number of ether oxygens (including phenoxy) is 2. The number of carboxylic acids is 2. The highest BCUT2D eigenvalue weighted by Gasteiger charge is 2.38. The van der Waals surface area contributed by atoms with Gasteiger partial charge in [-0.05, 0) is 17.7 Å². The number of methoxy groups -OCH3 is 2. The summed E-state index contributed by atoms with van der Waals surface area (Å²) in [6.07, 6.45) is 0. The van der Waals surface area contributed by atoms with Crippen LogP contribution < -0.4 is 5.32 Å². The molecule has 2 rings (SSSR count). The van der Waals surface area contributed by atoms with Crippen molar-refractivity contribution in [3.8, 4) is 0 Å². The molecule has 1 aliphatic rings. The van der Waals surface area contributed by atoms with Crippen LogP contribution in [0, 0.1) is 0 Å². The van der Waals surface area contributed by atoms with Crippen LogP contribution in [0.4, 0.5) is 0 Å². The lowest BCUT2D eigenvalue weighted by atomic mass is 9.80. The van der Waals surface area contributed by atoms with E-state index in [1.807, 2.05) is 0 Å². The highest BCUT2D eigenvalue weighted by molar-refractivity contribution is 9.10. The monoisotopic (exact) mass is 411 g/mol. The minimum atomic E-state index is -1.21. The first-order valence-corrected chi connectivity index (χ1v) is 8.13. The molecule has 1 heterocycles. The summed E-state index contributed by atoms with van der Waals surface area (Å²) in [5, 5.41) is 22.3. The summed E-state index contributed by atoms with van der Waals surface area (Å²) in [5.74, 6) is -3.36. The Hall–Kier alpha value is -2.16. The van der Waals surface area contributed by atoms with E-state index in [9.17, 15) is 19.8 Å². The van der Waals surface area contributed by atoms with Gasteiger partial charge in [0.15, 0.2) is 0 Å². The summed E-state index contributed by atoms with van der Waals surface area (Å²) in [5.41, 5.74) is 1.06. The molecule has 0 aromatic heterocycles. The number of dihydropyridines is 1. The summed E-state index contributed by atoms with van der Waals surface area (Å²) in [4.78, 5) is 23.8. The number of hydrogen-bond acceptors (Lipinski definition) is 5. The predicted molar refractivity (Wildman–Crippen MR) is 93.1 cm³/mol. The van der Waals surface area contributed by atoms with Crippen molar-refractivity contribution < 1.29 is 29.3 Å². The third kappa shape index (κ3) is 4.09. The van der Waals surface area contributed by atoms with Gasteiger partial charge in [0.25, 0.3) is 0 Å². The Labute approximate surface area is 153 Å². The lowest BCUT2D eigenvalue weighted by Crippen LogP contribution is -2.35. The number of hydrogen-bond donors (Lipinski definition) is 3. The molecule has 1 aromatic carbocycles. The largest absolute Gasteiger partial charge is 0.478 e. The van der Waals surface area contributed by atoms with Crippen molar-refractivity contribution in [1.82, 2.24) is 5.32 Å². The number of carboxylic acid groups (broad SMARTS) is 2. The van der Waals surface area contributed by atoms with Gasteiger partial charge in [-0.1, -0.05) is 28.1 Å². The van der Waals surface area contributed by atoms with Crippen molar-refractivity contribution in [3.63, 3.8) is 0 Å². The summed E-state index contributed by atoms with van der Waals surface area (Å²) >= 11 is 3.32. The number of benzene rings is 1. The maximum atomic E-state index is 11.9. The molecule has 0 unspecified atom stereocenters. The van der Waals surface area contributed by atoms with Crippen LogP contribution in [0.25, 0.3) is 0 Å². The minimum absolute atomic E-state index is 0.00871. The molecule has 1 aliphatic heterocycles. The molecular weight excluding hydrogens is 394 g/mol. The SMILES string of the molecule is COCC1=C(C(=O)O)C(c2ccc(Br)cc2)C(C(=O)O)=C(COC)N1. The lowest BCUT2D eigenvalue weighted by Gasteiger charge is -2.30. The van der Waals surface area contributed by atoms with E-state index in [0.29, 0.717) is 17.0 Å². The van der Waals surface area contributed by atoms with E-state index in [0.717, 1.165) is 4.47 Å². The second kappa shape index (κ2) is 8.28. The number of rotatable bonds is 7. The summed E-state index contributed by atoms with van der Waals surface area (Å²) in [6.45, 7) is 0.0174. The number of nitrogens with one attached hydrogen (secondary N) is 1. The first-order valence-electron chi connectivity index (χ1n) is 7.33. The van der Waals surface area contributed by atoms with Crippen LogP contribution in [0.2, 0.25) is 0 Å². The van der Waals surface area contributed by atoms with Crippen molar-refractivity contribution in [2.75, 3.05) is 27.4 Å². The third-order valence-electron chi connectivity index (χ3n) is 3.77. The van der Waals surface area contributed by atoms with Crippen molar-refractivity contribution >= 4 is 27.9 Å². The van der Waals surface area contributed by atoms with Gasteiger partial charge in [0.2, 0.25) is 0 Å². The molecule has 0 saturated heterocycles. The van der Waals surface area contributed by atoms with E-state index >= 15 is 0 Å². The second-order valence-electron chi connectivity index (χ2n) is 5.37. The van der Waals surface area contributed by atoms with Crippen LogP contribution in [0.1, 0.15) is 11.5 Å². The first kappa shape index (κ1) is 19.2. The Kier molecular flexibility index (Phi) is 6.35. The molecule has 0 bridgehead atoms. The van der Waals surface area contributed by atoms with Gasteiger partial charge in [-0.25, -0.2) is 9.59 Å². The Morgan fingerprint density at radius 2 is 1.44 bits per heavy atom. The van der Waals surface area contributed by atoms with Crippen LogP contribution in [0.15, 0.2) is 51.3 Å². The predicted octanol–water partition coefficient (Wildman–Crippen LogP) is 2.11. The van der Waals surface area contributed by atoms with E-state index in [-0.39, 0.29) is 24.4 Å². The number of carbonyl (C=O) groups is 2. The second-order valence-corrected chi connectivity index (χ2v) is 6.29. The average molecular weight is 412 g/mol. The van der Waals surface area contributed by atoms with Gasteiger partial charge < -0.3 is 25.0 Å². The first-order chi connectivity index (χ1) is 11.9. The van der Waals surface area contributed by atoms with E-state index in [2.05, 4.69) is 21.2 Å². The fourth-order valence-corrected chi connectivity index (χ4v) is 3.08. The molecular formula is C17H18BrNO6. The Morgan fingerprint density at radius 1 is 1.00 bits per heavy atom. The zero-order valence-electron chi connectivity index (χ0n) is 13.7. The van der Waals surface area contributed by atoms with Gasteiger partial charge in [-0.3, -0.25) is 0 Å². The van der Waals surface area contributed by atoms with Gasteiger partial charge in [0.1, 0.15) is 0 Å². The molecule has 0 saturated carbocycles. The van der Waals surface area contributed by atoms with Crippen LogP contribution in [-0.2, 0) is 19.1 Å². The Bertz CT molecular complexity index is 698. The van der Waals surface area contributed by atoms with E-state index in [4.69, 9.17) is 9.47 Å².